The Morgan fingerprint density at radius 3 is 2.67 bits per heavy atom. The molecule has 0 bridgehead atoms. The number of rotatable bonds is 9. The number of pyridine rings is 3. The van der Waals surface area contributed by atoms with E-state index < -0.39 is 15.7 Å². The number of fused-ring (bicyclic) bond motifs is 2. The number of benzene rings is 1. The van der Waals surface area contributed by atoms with Gasteiger partial charge in [-0.15, -0.1) is 0 Å². The summed E-state index contributed by atoms with van der Waals surface area (Å²) in [7, 11) is -3.21. The fourth-order valence-electron chi connectivity index (χ4n) is 4.85. The molecule has 0 unspecified atom stereocenters. The molecule has 11 nitrogen and oxygen atoms in total. The molecule has 43 heavy (non-hydrogen) atoms. The van der Waals surface area contributed by atoms with Crippen LogP contribution in [0.1, 0.15) is 25.3 Å². The Hall–Kier alpha value is -5.04. The van der Waals surface area contributed by atoms with Gasteiger partial charge in [-0.1, -0.05) is 6.92 Å². The summed E-state index contributed by atoms with van der Waals surface area (Å²) in [5.74, 6) is -0.166. The summed E-state index contributed by atoms with van der Waals surface area (Å²) >= 11 is 0. The van der Waals surface area contributed by atoms with E-state index in [0.29, 0.717) is 62.5 Å². The molecule has 5 aromatic heterocycles. The molecule has 0 spiro atoms. The van der Waals surface area contributed by atoms with Crippen molar-refractivity contribution in [3.8, 4) is 33.9 Å². The fraction of sp³-hybridized carbons (Fsp3) is 0.200. The average Bonchev–Trinajstić information content (AvgIpc) is 3.59. The quantitative estimate of drug-likeness (QED) is 0.208. The van der Waals surface area contributed by atoms with Gasteiger partial charge in [0.2, 0.25) is 5.91 Å². The summed E-state index contributed by atoms with van der Waals surface area (Å²) < 4.78 is 37.9. The third kappa shape index (κ3) is 6.11. The molecule has 6 rings (SSSR count). The molecular formula is C30H27FN8O3S. The third-order valence-electron chi connectivity index (χ3n) is 6.87. The zero-order valence-corrected chi connectivity index (χ0v) is 24.2. The van der Waals surface area contributed by atoms with Crippen LogP contribution in [0.4, 0.5) is 10.1 Å². The van der Waals surface area contributed by atoms with Crippen molar-refractivity contribution in [1.82, 2.24) is 35.1 Å². The first kappa shape index (κ1) is 28.1. The lowest BCUT2D eigenvalue weighted by molar-refractivity contribution is -0.116. The van der Waals surface area contributed by atoms with Crippen molar-refractivity contribution >= 4 is 43.5 Å². The lowest BCUT2D eigenvalue weighted by Gasteiger charge is -2.07. The smallest absolute Gasteiger partial charge is 0.224 e. The normalized spacial score (nSPS) is 11.8. The Morgan fingerprint density at radius 1 is 1.02 bits per heavy atom. The largest absolute Gasteiger partial charge is 0.337 e. The molecule has 0 radical (unpaired) electrons. The molecule has 0 aliphatic heterocycles. The highest BCUT2D eigenvalue weighted by molar-refractivity contribution is 7.90. The van der Waals surface area contributed by atoms with Crippen LogP contribution in [0.2, 0.25) is 0 Å². The fourth-order valence-corrected chi connectivity index (χ4v) is 5.46. The molecule has 5 heterocycles. The Bertz CT molecular complexity index is 2110. The number of imidazole rings is 1. The summed E-state index contributed by atoms with van der Waals surface area (Å²) in [6.45, 7) is 1.94. The van der Waals surface area contributed by atoms with Crippen molar-refractivity contribution < 1.29 is 17.6 Å². The van der Waals surface area contributed by atoms with Crippen LogP contribution in [0.3, 0.4) is 0 Å². The maximum atomic E-state index is 14.6. The SMILES string of the molecule is CCCC(=O)Nc1cncc(-c2cnc3n[nH]c(-c4nc5c(-c6cc(F)cc(CCS(C)(=O)=O)c6)nccc5[nH]4)c3c2)c1. The van der Waals surface area contributed by atoms with Gasteiger partial charge in [-0.2, -0.15) is 5.10 Å². The Morgan fingerprint density at radius 2 is 1.86 bits per heavy atom. The standard InChI is InChI=1S/C30H27FN8O3S/c1-3-4-25(40)35-22-12-19(14-32-16-22)20-13-23-27(38-39-29(23)34-15-20)30-36-24-5-7-33-26(28(24)37-30)18-9-17(10-21(31)11-18)6-8-43(2,41)42/h5,7,9-16H,3-4,6,8H2,1-2H3,(H,35,40)(H,36,37)(H,34,38,39). The number of nitrogens with one attached hydrogen (secondary N) is 3. The number of sulfone groups is 1. The van der Waals surface area contributed by atoms with Crippen molar-refractivity contribution in [2.45, 2.75) is 26.2 Å². The molecule has 13 heteroatoms. The van der Waals surface area contributed by atoms with Crippen LogP contribution in [0.25, 0.3) is 56.0 Å². The number of anilines is 1. The Balaban J connectivity index is 1.37. The van der Waals surface area contributed by atoms with Crippen LogP contribution in [0, 0.1) is 5.82 Å². The maximum Gasteiger partial charge on any atom is 0.224 e. The first-order chi connectivity index (χ1) is 20.7. The summed E-state index contributed by atoms with van der Waals surface area (Å²) in [5.41, 5.74) is 5.91. The molecule has 0 atom stereocenters. The van der Waals surface area contributed by atoms with Gasteiger partial charge in [0.15, 0.2) is 11.5 Å². The molecule has 0 saturated heterocycles. The summed E-state index contributed by atoms with van der Waals surface area (Å²) in [4.78, 5) is 33.4. The topological polar surface area (TPSA) is 159 Å². The number of H-pyrrole nitrogens is 2. The van der Waals surface area contributed by atoms with Crippen LogP contribution in [0.15, 0.2) is 61.2 Å². The highest BCUT2D eigenvalue weighted by atomic mass is 32.2. The average molecular weight is 599 g/mol. The number of carbonyl (C=O) groups excluding carboxylic acids is 1. The highest BCUT2D eigenvalue weighted by Crippen LogP contribution is 2.32. The predicted octanol–water partition coefficient (Wildman–Crippen LogP) is 5.09. The Kier molecular flexibility index (Phi) is 7.40. The van der Waals surface area contributed by atoms with Gasteiger partial charge in [0.25, 0.3) is 0 Å². The number of amides is 1. The first-order valence-corrected chi connectivity index (χ1v) is 15.6. The van der Waals surface area contributed by atoms with Crippen LogP contribution in [0.5, 0.6) is 0 Å². The van der Waals surface area contributed by atoms with Gasteiger partial charge in [0.1, 0.15) is 26.9 Å². The van der Waals surface area contributed by atoms with Crippen LogP contribution >= 0.6 is 0 Å². The number of hydrogen-bond acceptors (Lipinski definition) is 8. The number of halogens is 1. The monoisotopic (exact) mass is 598 g/mol. The van der Waals surface area contributed by atoms with E-state index in [1.165, 1.54) is 12.1 Å². The third-order valence-corrected chi connectivity index (χ3v) is 7.82. The van der Waals surface area contributed by atoms with E-state index >= 15 is 0 Å². The molecule has 0 aliphatic rings. The van der Waals surface area contributed by atoms with E-state index in [9.17, 15) is 17.6 Å². The van der Waals surface area contributed by atoms with Crippen molar-refractivity contribution in [2.75, 3.05) is 17.3 Å². The molecule has 218 valence electrons. The highest BCUT2D eigenvalue weighted by Gasteiger charge is 2.18. The summed E-state index contributed by atoms with van der Waals surface area (Å²) in [6, 6.07) is 9.95. The number of hydrogen-bond donors (Lipinski definition) is 3. The first-order valence-electron chi connectivity index (χ1n) is 13.6. The van der Waals surface area contributed by atoms with Crippen LogP contribution in [-0.4, -0.2) is 61.5 Å². The lowest BCUT2D eigenvalue weighted by Crippen LogP contribution is -2.10. The van der Waals surface area contributed by atoms with E-state index in [1.807, 2.05) is 19.1 Å². The van der Waals surface area contributed by atoms with E-state index in [-0.39, 0.29) is 18.1 Å². The molecule has 6 aromatic rings. The number of aromatic amines is 2. The second kappa shape index (κ2) is 11.3. The van der Waals surface area contributed by atoms with Crippen LogP contribution < -0.4 is 5.32 Å². The van der Waals surface area contributed by atoms with Gasteiger partial charge >= 0.3 is 0 Å². The predicted molar refractivity (Wildman–Crippen MR) is 162 cm³/mol. The van der Waals surface area contributed by atoms with Gasteiger partial charge < -0.3 is 10.3 Å². The van der Waals surface area contributed by atoms with Crippen molar-refractivity contribution in [1.29, 1.82) is 0 Å². The van der Waals surface area contributed by atoms with E-state index in [1.54, 1.807) is 36.9 Å². The van der Waals surface area contributed by atoms with E-state index in [4.69, 9.17) is 4.98 Å². The van der Waals surface area contributed by atoms with Crippen molar-refractivity contribution in [3.63, 3.8) is 0 Å². The minimum absolute atomic E-state index is 0.0748. The second-order valence-corrected chi connectivity index (χ2v) is 12.6. The second-order valence-electron chi connectivity index (χ2n) is 10.3. The van der Waals surface area contributed by atoms with E-state index in [2.05, 4.69) is 35.5 Å². The molecule has 3 N–H and O–H groups in total. The lowest BCUT2D eigenvalue weighted by atomic mass is 10.0. The van der Waals surface area contributed by atoms with Gasteiger partial charge in [-0.25, -0.2) is 22.8 Å². The van der Waals surface area contributed by atoms with Gasteiger partial charge in [-0.05, 0) is 54.8 Å². The number of nitrogens with zero attached hydrogens (tertiary/aromatic N) is 5. The molecule has 0 saturated carbocycles. The van der Waals surface area contributed by atoms with Crippen molar-refractivity contribution in [3.05, 3.63) is 72.6 Å². The Labute approximate surface area is 246 Å². The van der Waals surface area contributed by atoms with Gasteiger partial charge in [0, 0.05) is 48.0 Å². The zero-order chi connectivity index (χ0) is 30.1. The van der Waals surface area contributed by atoms with Gasteiger partial charge in [-0.3, -0.25) is 19.9 Å². The summed E-state index contributed by atoms with van der Waals surface area (Å²) in [5, 5.41) is 10.9. The minimum Gasteiger partial charge on any atom is -0.337 e. The molecular weight excluding hydrogens is 571 g/mol. The molecule has 0 fully saturated rings. The van der Waals surface area contributed by atoms with Gasteiger partial charge in [0.05, 0.1) is 34.2 Å². The molecule has 1 aromatic carbocycles. The minimum atomic E-state index is -3.21. The zero-order valence-electron chi connectivity index (χ0n) is 23.3. The van der Waals surface area contributed by atoms with Crippen LogP contribution in [-0.2, 0) is 21.1 Å². The van der Waals surface area contributed by atoms with Crippen molar-refractivity contribution in [2.24, 2.45) is 0 Å². The number of carbonyl (C=O) groups is 1. The molecule has 0 aliphatic carbocycles. The summed E-state index contributed by atoms with van der Waals surface area (Å²) in [6.07, 6.45) is 9.09. The molecule has 1 amide bonds. The maximum absolute atomic E-state index is 14.6. The number of aryl methyl sites for hydroxylation is 1. The number of aromatic nitrogens is 7. The van der Waals surface area contributed by atoms with E-state index in [0.717, 1.165) is 23.8 Å².